The number of para-hydroxylation sites is 1. The number of hydrogen-bond acceptors (Lipinski definition) is 6. The molecule has 1 amide bonds. The summed E-state index contributed by atoms with van der Waals surface area (Å²) in [5.74, 6) is -0.456. The first-order chi connectivity index (χ1) is 18.1. The van der Waals surface area contributed by atoms with Crippen LogP contribution in [0.2, 0.25) is 0 Å². The highest BCUT2D eigenvalue weighted by Crippen LogP contribution is 2.24. The molecule has 0 saturated carbocycles. The summed E-state index contributed by atoms with van der Waals surface area (Å²) in [4.78, 5) is 12.9. The molecular formula is C27H39N3O6S2. The van der Waals surface area contributed by atoms with Crippen LogP contribution in [0.25, 0.3) is 0 Å². The number of carbonyl (C=O) groups is 1. The lowest BCUT2D eigenvalue weighted by Gasteiger charge is -2.23. The molecule has 0 unspecified atom stereocenters. The van der Waals surface area contributed by atoms with Crippen molar-refractivity contribution in [1.29, 1.82) is 0 Å². The molecule has 0 spiro atoms. The number of rotatable bonds is 12. The summed E-state index contributed by atoms with van der Waals surface area (Å²) in [5, 5.41) is 2.84. The molecule has 11 heteroatoms. The van der Waals surface area contributed by atoms with Crippen molar-refractivity contribution in [2.45, 2.75) is 62.7 Å². The van der Waals surface area contributed by atoms with Crippen LogP contribution in [0.15, 0.2) is 52.3 Å². The van der Waals surface area contributed by atoms with Gasteiger partial charge in [-0.3, -0.25) is 4.79 Å². The highest BCUT2D eigenvalue weighted by molar-refractivity contribution is 7.89. The Morgan fingerprint density at radius 3 is 2.08 bits per heavy atom. The molecule has 1 aliphatic rings. The molecule has 0 bridgehead atoms. The van der Waals surface area contributed by atoms with Gasteiger partial charge < -0.3 is 10.1 Å². The van der Waals surface area contributed by atoms with Crippen LogP contribution >= 0.6 is 0 Å². The predicted octanol–water partition coefficient (Wildman–Crippen LogP) is 3.92. The highest BCUT2D eigenvalue weighted by Gasteiger charge is 2.29. The van der Waals surface area contributed by atoms with Crippen molar-refractivity contribution in [2.24, 2.45) is 0 Å². The van der Waals surface area contributed by atoms with E-state index in [0.29, 0.717) is 38.4 Å². The van der Waals surface area contributed by atoms with E-state index < -0.39 is 26.0 Å². The number of hydrogen-bond donors (Lipinski definition) is 1. The monoisotopic (exact) mass is 565 g/mol. The number of nitrogens with one attached hydrogen (secondary N) is 1. The molecule has 1 aliphatic heterocycles. The number of nitrogens with zero attached hydrogens (tertiary/aromatic N) is 2. The van der Waals surface area contributed by atoms with Crippen molar-refractivity contribution < 1.29 is 26.4 Å². The van der Waals surface area contributed by atoms with Gasteiger partial charge in [0.15, 0.2) is 0 Å². The second-order valence-electron chi connectivity index (χ2n) is 9.49. The second-order valence-corrected chi connectivity index (χ2v) is 13.4. The smallest absolute Gasteiger partial charge is 0.243 e. The Morgan fingerprint density at radius 2 is 1.50 bits per heavy atom. The van der Waals surface area contributed by atoms with Gasteiger partial charge in [0.25, 0.3) is 0 Å². The van der Waals surface area contributed by atoms with Crippen LogP contribution in [0.5, 0.6) is 0 Å². The summed E-state index contributed by atoms with van der Waals surface area (Å²) in [6, 6.07) is 10.9. The summed E-state index contributed by atoms with van der Waals surface area (Å²) in [5.41, 5.74) is 2.42. The molecule has 1 fully saturated rings. The van der Waals surface area contributed by atoms with Gasteiger partial charge in [-0.1, -0.05) is 31.0 Å². The highest BCUT2D eigenvalue weighted by atomic mass is 32.2. The second kappa shape index (κ2) is 13.7. The average Bonchev–Trinajstić information content (AvgIpc) is 3.18. The van der Waals surface area contributed by atoms with Gasteiger partial charge in [0.1, 0.15) is 0 Å². The van der Waals surface area contributed by atoms with E-state index in [2.05, 4.69) is 5.32 Å². The van der Waals surface area contributed by atoms with Gasteiger partial charge in [-0.05, 0) is 75.4 Å². The van der Waals surface area contributed by atoms with Crippen molar-refractivity contribution in [2.75, 3.05) is 44.7 Å². The third kappa shape index (κ3) is 7.63. The fourth-order valence-electron chi connectivity index (χ4n) is 4.49. The van der Waals surface area contributed by atoms with E-state index >= 15 is 0 Å². The minimum absolute atomic E-state index is 0.0639. The van der Waals surface area contributed by atoms with Crippen LogP contribution in [0.3, 0.4) is 0 Å². The van der Waals surface area contributed by atoms with Gasteiger partial charge in [0, 0.05) is 38.5 Å². The number of carbonyl (C=O) groups excluding carboxylic acids is 1. The van der Waals surface area contributed by atoms with Gasteiger partial charge in [0.2, 0.25) is 26.0 Å². The molecule has 38 heavy (non-hydrogen) atoms. The minimum atomic E-state index is -4.08. The van der Waals surface area contributed by atoms with Crippen LogP contribution in [-0.4, -0.2) is 70.7 Å². The Bertz CT molecular complexity index is 1270. The largest absolute Gasteiger partial charge is 0.382 e. The normalized spacial score (nSPS) is 15.4. The molecule has 0 aromatic heterocycles. The first-order valence-electron chi connectivity index (χ1n) is 13.1. The lowest BCUT2D eigenvalue weighted by atomic mass is 10.1. The molecule has 2 aromatic carbocycles. The van der Waals surface area contributed by atoms with E-state index in [1.165, 1.54) is 28.6 Å². The molecule has 0 atom stereocenters. The number of amides is 1. The average molecular weight is 566 g/mol. The van der Waals surface area contributed by atoms with Crippen LogP contribution in [0.1, 0.15) is 50.2 Å². The standard InChI is InChI=1S/C27H39N3O6S2/c1-4-36-20-10-19-30(21-26(31)28-27-22(2)11-9-12-23(27)3)38(34,35)25-15-13-24(14-16-25)37(32,33)29-17-7-5-6-8-18-29/h9,11-16H,4-8,10,17-21H2,1-3H3,(H,28,31). The lowest BCUT2D eigenvalue weighted by molar-refractivity contribution is -0.116. The van der Waals surface area contributed by atoms with Crippen LogP contribution in [0.4, 0.5) is 5.69 Å². The SMILES string of the molecule is CCOCCCN(CC(=O)Nc1c(C)cccc1C)S(=O)(=O)c1ccc(S(=O)(=O)N2CCCCCC2)cc1. The zero-order valence-electron chi connectivity index (χ0n) is 22.5. The molecule has 1 heterocycles. The molecule has 0 aliphatic carbocycles. The number of benzene rings is 2. The van der Waals surface area contributed by atoms with Crippen molar-refractivity contribution >= 4 is 31.6 Å². The zero-order chi connectivity index (χ0) is 27.8. The number of aryl methyl sites for hydroxylation is 2. The van der Waals surface area contributed by atoms with Crippen molar-refractivity contribution in [3.63, 3.8) is 0 Å². The molecule has 2 aromatic rings. The number of anilines is 1. The topological polar surface area (TPSA) is 113 Å². The Balaban J connectivity index is 1.81. The Hall–Kier alpha value is -2.31. The van der Waals surface area contributed by atoms with E-state index in [9.17, 15) is 21.6 Å². The zero-order valence-corrected chi connectivity index (χ0v) is 24.1. The maximum atomic E-state index is 13.6. The first kappa shape index (κ1) is 30.2. The van der Waals surface area contributed by atoms with Crippen molar-refractivity contribution in [3.05, 3.63) is 53.6 Å². The van der Waals surface area contributed by atoms with Gasteiger partial charge in [-0.25, -0.2) is 16.8 Å². The van der Waals surface area contributed by atoms with Crippen LogP contribution in [0, 0.1) is 13.8 Å². The van der Waals surface area contributed by atoms with E-state index in [1.807, 2.05) is 39.0 Å². The maximum Gasteiger partial charge on any atom is 0.243 e. The summed E-state index contributed by atoms with van der Waals surface area (Å²) >= 11 is 0. The lowest BCUT2D eigenvalue weighted by Crippen LogP contribution is -2.39. The molecule has 0 radical (unpaired) electrons. The molecule has 3 rings (SSSR count). The van der Waals surface area contributed by atoms with Crippen molar-refractivity contribution in [1.82, 2.24) is 8.61 Å². The third-order valence-corrected chi connectivity index (χ3v) is 10.4. The van der Waals surface area contributed by atoms with Gasteiger partial charge in [0.05, 0.1) is 16.3 Å². The van der Waals surface area contributed by atoms with E-state index in [4.69, 9.17) is 4.74 Å². The Kier molecular flexibility index (Phi) is 10.9. The molecule has 210 valence electrons. The Morgan fingerprint density at radius 1 is 0.921 bits per heavy atom. The molecule has 9 nitrogen and oxygen atoms in total. The third-order valence-electron chi connectivity index (χ3n) is 6.63. The van der Waals surface area contributed by atoms with Crippen LogP contribution < -0.4 is 5.32 Å². The summed E-state index contributed by atoms with van der Waals surface area (Å²) in [6.45, 7) is 7.10. The Labute approximate surface area is 227 Å². The summed E-state index contributed by atoms with van der Waals surface area (Å²) in [7, 11) is -7.79. The summed E-state index contributed by atoms with van der Waals surface area (Å²) < 4.78 is 61.3. The molecular weight excluding hydrogens is 526 g/mol. The fourth-order valence-corrected chi connectivity index (χ4v) is 7.44. The number of sulfonamides is 2. The maximum absolute atomic E-state index is 13.6. The van der Waals surface area contributed by atoms with Crippen LogP contribution in [-0.2, 0) is 29.6 Å². The minimum Gasteiger partial charge on any atom is -0.382 e. The predicted molar refractivity (Wildman–Crippen MR) is 148 cm³/mol. The summed E-state index contributed by atoms with van der Waals surface area (Å²) in [6.07, 6.45) is 4.03. The quantitative estimate of drug-likeness (QED) is 0.390. The first-order valence-corrected chi connectivity index (χ1v) is 16.0. The van der Waals surface area contributed by atoms with Gasteiger partial charge in [-0.15, -0.1) is 0 Å². The molecule has 1 saturated heterocycles. The fraction of sp³-hybridized carbons (Fsp3) is 0.519. The van der Waals surface area contributed by atoms with Gasteiger partial charge in [-0.2, -0.15) is 8.61 Å². The molecule has 1 N–H and O–H groups in total. The van der Waals surface area contributed by atoms with E-state index in [-0.39, 0.29) is 22.9 Å². The van der Waals surface area contributed by atoms with E-state index in [0.717, 1.165) is 41.1 Å². The number of ether oxygens (including phenoxy) is 1. The van der Waals surface area contributed by atoms with Gasteiger partial charge >= 0.3 is 0 Å². The van der Waals surface area contributed by atoms with Crippen molar-refractivity contribution in [3.8, 4) is 0 Å². The van der Waals surface area contributed by atoms with E-state index in [1.54, 1.807) is 0 Å².